The SMILES string of the molecule is CCOC(=O)c1cc(C(F)F)nc(CBr)c1I. The summed E-state index contributed by atoms with van der Waals surface area (Å²) < 4.78 is 30.6. The Bertz CT molecular complexity index is 429. The molecule has 0 aliphatic carbocycles. The molecule has 0 spiro atoms. The standard InChI is InChI=1S/C10H9BrF2INO2/c1-2-17-10(16)5-3-6(9(12)13)15-7(4-11)8(5)14/h3,9H,2,4H2,1H3. The molecular formula is C10H9BrF2INO2. The number of aromatic nitrogens is 1. The number of esters is 1. The van der Waals surface area contributed by atoms with Crippen LogP contribution in [0.25, 0.3) is 0 Å². The van der Waals surface area contributed by atoms with Gasteiger partial charge in [-0.3, -0.25) is 0 Å². The van der Waals surface area contributed by atoms with E-state index in [2.05, 4.69) is 20.9 Å². The summed E-state index contributed by atoms with van der Waals surface area (Å²) in [6, 6.07) is 1.08. The van der Waals surface area contributed by atoms with Gasteiger partial charge in [0.05, 0.1) is 17.9 Å². The number of nitrogens with zero attached hydrogens (tertiary/aromatic N) is 1. The van der Waals surface area contributed by atoms with Crippen LogP contribution >= 0.6 is 38.5 Å². The zero-order valence-corrected chi connectivity index (χ0v) is 12.6. The Hall–Kier alpha value is -0.310. The number of alkyl halides is 3. The lowest BCUT2D eigenvalue weighted by molar-refractivity contribution is 0.0524. The molecule has 0 atom stereocenters. The highest BCUT2D eigenvalue weighted by atomic mass is 127. The van der Waals surface area contributed by atoms with E-state index in [9.17, 15) is 13.6 Å². The van der Waals surface area contributed by atoms with Crippen molar-refractivity contribution in [3.63, 3.8) is 0 Å². The van der Waals surface area contributed by atoms with Crippen molar-refractivity contribution in [3.05, 3.63) is 26.6 Å². The molecule has 0 aliphatic heterocycles. The van der Waals surface area contributed by atoms with Crippen LogP contribution in [0.1, 0.15) is 35.1 Å². The second kappa shape index (κ2) is 6.58. The molecule has 1 aromatic heterocycles. The lowest BCUT2D eigenvalue weighted by atomic mass is 10.2. The van der Waals surface area contributed by atoms with Gasteiger partial charge in [0.1, 0.15) is 5.69 Å². The first-order chi connectivity index (χ1) is 8.01. The fourth-order valence-electron chi connectivity index (χ4n) is 1.16. The van der Waals surface area contributed by atoms with Crippen molar-refractivity contribution in [2.24, 2.45) is 0 Å². The molecule has 0 N–H and O–H groups in total. The van der Waals surface area contributed by atoms with Gasteiger partial charge in [-0.1, -0.05) is 15.9 Å². The molecule has 17 heavy (non-hydrogen) atoms. The third-order valence-corrected chi connectivity index (χ3v) is 3.63. The number of carbonyl (C=O) groups is 1. The molecule has 0 aromatic carbocycles. The van der Waals surface area contributed by atoms with Gasteiger partial charge in [0.15, 0.2) is 0 Å². The predicted molar refractivity (Wildman–Crippen MR) is 70.5 cm³/mol. The molecule has 1 rings (SSSR count). The van der Waals surface area contributed by atoms with Crippen LogP contribution in [-0.4, -0.2) is 17.6 Å². The third kappa shape index (κ3) is 3.57. The van der Waals surface area contributed by atoms with E-state index in [0.29, 0.717) is 14.6 Å². The summed E-state index contributed by atoms with van der Waals surface area (Å²) >= 11 is 5.05. The lowest BCUT2D eigenvalue weighted by Gasteiger charge is -2.10. The maximum absolute atomic E-state index is 12.6. The van der Waals surface area contributed by atoms with Crippen molar-refractivity contribution < 1.29 is 18.3 Å². The minimum Gasteiger partial charge on any atom is -0.462 e. The minimum absolute atomic E-state index is 0.132. The Labute approximate surface area is 119 Å². The number of hydrogen-bond acceptors (Lipinski definition) is 3. The summed E-state index contributed by atoms with van der Waals surface area (Å²) in [6.07, 6.45) is -2.71. The molecule has 3 nitrogen and oxygen atoms in total. The molecule has 0 amide bonds. The number of halogens is 4. The number of ether oxygens (including phenoxy) is 1. The molecule has 0 radical (unpaired) electrons. The smallest absolute Gasteiger partial charge is 0.339 e. The molecule has 0 saturated carbocycles. The summed E-state index contributed by atoms with van der Waals surface area (Å²) in [5.74, 6) is -0.608. The molecule has 0 fully saturated rings. The zero-order valence-electron chi connectivity index (χ0n) is 8.84. The Morgan fingerprint density at radius 2 is 2.29 bits per heavy atom. The molecule has 7 heteroatoms. The van der Waals surface area contributed by atoms with Crippen LogP contribution in [-0.2, 0) is 10.1 Å². The van der Waals surface area contributed by atoms with Crippen molar-refractivity contribution in [1.82, 2.24) is 4.98 Å². The maximum Gasteiger partial charge on any atom is 0.339 e. The first kappa shape index (κ1) is 14.7. The highest BCUT2D eigenvalue weighted by Crippen LogP contribution is 2.25. The van der Waals surface area contributed by atoms with E-state index >= 15 is 0 Å². The molecule has 94 valence electrons. The topological polar surface area (TPSA) is 39.2 Å². The highest BCUT2D eigenvalue weighted by Gasteiger charge is 2.20. The monoisotopic (exact) mass is 419 g/mol. The second-order valence-electron chi connectivity index (χ2n) is 3.01. The van der Waals surface area contributed by atoms with E-state index in [0.717, 1.165) is 6.07 Å². The lowest BCUT2D eigenvalue weighted by Crippen LogP contribution is -2.11. The number of carbonyl (C=O) groups excluding carboxylic acids is 1. The van der Waals surface area contributed by atoms with E-state index in [1.807, 2.05) is 22.6 Å². The van der Waals surface area contributed by atoms with E-state index in [1.54, 1.807) is 6.92 Å². The van der Waals surface area contributed by atoms with Crippen molar-refractivity contribution in [3.8, 4) is 0 Å². The molecule has 0 aliphatic rings. The average Bonchev–Trinajstić information content (AvgIpc) is 2.29. The van der Waals surface area contributed by atoms with E-state index in [1.165, 1.54) is 0 Å². The van der Waals surface area contributed by atoms with Crippen LogP contribution in [0.5, 0.6) is 0 Å². The third-order valence-electron chi connectivity index (χ3n) is 1.89. The van der Waals surface area contributed by atoms with Gasteiger partial charge in [-0.15, -0.1) is 0 Å². The summed E-state index contributed by atoms with van der Waals surface area (Å²) in [5.41, 5.74) is 0.126. The van der Waals surface area contributed by atoms with E-state index in [-0.39, 0.29) is 12.2 Å². The van der Waals surface area contributed by atoms with Crippen molar-refractivity contribution in [2.75, 3.05) is 6.61 Å². The van der Waals surface area contributed by atoms with Crippen molar-refractivity contribution in [1.29, 1.82) is 0 Å². The van der Waals surface area contributed by atoms with Crippen molar-refractivity contribution >= 4 is 44.5 Å². The number of pyridine rings is 1. The maximum atomic E-state index is 12.6. The zero-order chi connectivity index (χ0) is 13.0. The van der Waals surface area contributed by atoms with Gasteiger partial charge in [-0.05, 0) is 35.6 Å². The van der Waals surface area contributed by atoms with Crippen LogP contribution in [0.4, 0.5) is 8.78 Å². The van der Waals surface area contributed by atoms with Crippen LogP contribution < -0.4 is 0 Å². The number of rotatable bonds is 4. The average molecular weight is 420 g/mol. The molecule has 0 bridgehead atoms. The van der Waals surface area contributed by atoms with Crippen LogP contribution in [0, 0.1) is 3.57 Å². The van der Waals surface area contributed by atoms with Gasteiger partial charge in [0, 0.05) is 8.90 Å². The van der Waals surface area contributed by atoms with E-state index in [4.69, 9.17) is 4.74 Å². The normalized spacial score (nSPS) is 10.7. The predicted octanol–water partition coefficient (Wildman–Crippen LogP) is 3.70. The van der Waals surface area contributed by atoms with Gasteiger partial charge >= 0.3 is 5.97 Å². The molecule has 0 saturated heterocycles. The molecule has 1 heterocycles. The van der Waals surface area contributed by atoms with Gasteiger partial charge in [0.2, 0.25) is 0 Å². The first-order valence-corrected chi connectivity index (χ1v) is 6.91. The van der Waals surface area contributed by atoms with E-state index < -0.39 is 18.1 Å². The Morgan fingerprint density at radius 1 is 1.65 bits per heavy atom. The second-order valence-corrected chi connectivity index (χ2v) is 4.65. The van der Waals surface area contributed by atoms with Gasteiger partial charge < -0.3 is 4.74 Å². The number of hydrogen-bond donors (Lipinski definition) is 0. The van der Waals surface area contributed by atoms with Crippen LogP contribution in [0.15, 0.2) is 6.07 Å². The Morgan fingerprint density at radius 3 is 2.76 bits per heavy atom. The highest BCUT2D eigenvalue weighted by molar-refractivity contribution is 14.1. The summed E-state index contributed by atoms with van der Waals surface area (Å²) in [7, 11) is 0. The summed E-state index contributed by atoms with van der Waals surface area (Å²) in [5, 5.41) is 0.304. The van der Waals surface area contributed by atoms with Gasteiger partial charge in [0.25, 0.3) is 6.43 Å². The largest absolute Gasteiger partial charge is 0.462 e. The molecule has 1 aromatic rings. The molecule has 0 unspecified atom stereocenters. The Balaban J connectivity index is 3.27. The minimum atomic E-state index is -2.71. The first-order valence-electron chi connectivity index (χ1n) is 4.71. The quantitative estimate of drug-likeness (QED) is 0.424. The summed E-state index contributed by atoms with van der Waals surface area (Å²) in [6.45, 7) is 1.86. The fraction of sp³-hybridized carbons (Fsp3) is 0.400. The fourth-order valence-corrected chi connectivity index (χ4v) is 2.78. The van der Waals surface area contributed by atoms with Gasteiger partial charge in [-0.25, -0.2) is 18.6 Å². The summed E-state index contributed by atoms with van der Waals surface area (Å²) in [4.78, 5) is 15.4. The van der Waals surface area contributed by atoms with Crippen molar-refractivity contribution in [2.45, 2.75) is 18.7 Å². The van der Waals surface area contributed by atoms with Crippen LogP contribution in [0.3, 0.4) is 0 Å². The molecular weight excluding hydrogens is 411 g/mol. The Kier molecular flexibility index (Phi) is 5.71. The van der Waals surface area contributed by atoms with Crippen LogP contribution in [0.2, 0.25) is 0 Å². The van der Waals surface area contributed by atoms with Gasteiger partial charge in [-0.2, -0.15) is 0 Å².